The number of anilines is 3. The summed E-state index contributed by atoms with van der Waals surface area (Å²) in [6.07, 6.45) is 1.77. The second kappa shape index (κ2) is 8.50. The fourth-order valence-electron chi connectivity index (χ4n) is 2.70. The van der Waals surface area contributed by atoms with E-state index in [0.29, 0.717) is 23.3 Å². The Morgan fingerprint density at radius 3 is 2.36 bits per heavy atom. The van der Waals surface area contributed by atoms with Crippen LogP contribution in [0.2, 0.25) is 5.02 Å². The maximum Gasteiger partial charge on any atom is 0.225 e. The zero-order chi connectivity index (χ0) is 19.2. The minimum Gasteiger partial charge on any atom is -0.348 e. The average Bonchev–Trinajstić information content (AvgIpc) is 2.75. The molecule has 0 fully saturated rings. The molecule has 0 bridgehead atoms. The lowest BCUT2D eigenvalue weighted by molar-refractivity contribution is 1.00. The molecule has 0 saturated carbocycles. The summed E-state index contributed by atoms with van der Waals surface area (Å²) >= 11 is 5.98. The maximum atomic E-state index is 5.98. The summed E-state index contributed by atoms with van der Waals surface area (Å²) in [6.45, 7) is 0.541. The summed E-state index contributed by atoms with van der Waals surface area (Å²) in [5, 5.41) is 7.27. The van der Waals surface area contributed by atoms with Crippen LogP contribution in [0, 0.1) is 0 Å². The Labute approximate surface area is 168 Å². The van der Waals surface area contributed by atoms with Gasteiger partial charge in [-0.25, -0.2) is 4.98 Å². The molecule has 2 heterocycles. The number of rotatable bonds is 6. The van der Waals surface area contributed by atoms with Crippen LogP contribution in [0.5, 0.6) is 0 Å². The van der Waals surface area contributed by atoms with Gasteiger partial charge in [0.05, 0.1) is 17.9 Å². The Balaban J connectivity index is 1.63. The highest BCUT2D eigenvalue weighted by Crippen LogP contribution is 2.24. The van der Waals surface area contributed by atoms with Crippen molar-refractivity contribution < 1.29 is 0 Å². The smallest absolute Gasteiger partial charge is 0.225 e. The summed E-state index contributed by atoms with van der Waals surface area (Å²) in [5.41, 5.74) is 3.67. The van der Waals surface area contributed by atoms with E-state index in [0.717, 1.165) is 22.6 Å². The molecule has 5 nitrogen and oxygen atoms in total. The third-order valence-electron chi connectivity index (χ3n) is 4.07. The van der Waals surface area contributed by atoms with Crippen molar-refractivity contribution in [1.82, 2.24) is 15.0 Å². The van der Waals surface area contributed by atoms with Gasteiger partial charge in [0, 0.05) is 28.5 Å². The Hall–Kier alpha value is -3.44. The van der Waals surface area contributed by atoms with Crippen LogP contribution >= 0.6 is 11.6 Å². The molecule has 0 unspecified atom stereocenters. The molecule has 0 spiro atoms. The van der Waals surface area contributed by atoms with Crippen molar-refractivity contribution in [2.24, 2.45) is 0 Å². The van der Waals surface area contributed by atoms with E-state index in [4.69, 9.17) is 11.6 Å². The molecule has 0 radical (unpaired) electrons. The number of pyridine rings is 1. The summed E-state index contributed by atoms with van der Waals surface area (Å²) in [7, 11) is 0. The topological polar surface area (TPSA) is 62.7 Å². The van der Waals surface area contributed by atoms with Gasteiger partial charge in [0.25, 0.3) is 0 Å². The van der Waals surface area contributed by atoms with E-state index in [1.54, 1.807) is 6.20 Å². The quantitative estimate of drug-likeness (QED) is 0.454. The molecule has 4 aromatic rings. The van der Waals surface area contributed by atoms with Crippen LogP contribution in [0.4, 0.5) is 17.5 Å². The first kappa shape index (κ1) is 17.9. The molecular formula is C22H18ClN5. The molecular weight excluding hydrogens is 370 g/mol. The van der Waals surface area contributed by atoms with Crippen LogP contribution in [0.15, 0.2) is 85.1 Å². The summed E-state index contributed by atoms with van der Waals surface area (Å²) in [4.78, 5) is 13.6. The highest BCUT2D eigenvalue weighted by molar-refractivity contribution is 6.30. The van der Waals surface area contributed by atoms with Crippen molar-refractivity contribution in [3.63, 3.8) is 0 Å². The van der Waals surface area contributed by atoms with Crippen LogP contribution in [0.3, 0.4) is 0 Å². The van der Waals surface area contributed by atoms with E-state index >= 15 is 0 Å². The molecule has 2 aromatic carbocycles. The molecule has 2 N–H and O–H groups in total. The van der Waals surface area contributed by atoms with Crippen LogP contribution in [-0.2, 0) is 6.54 Å². The number of halogens is 1. The lowest BCUT2D eigenvalue weighted by Crippen LogP contribution is -2.07. The molecule has 0 amide bonds. The van der Waals surface area contributed by atoms with E-state index in [-0.39, 0.29) is 0 Å². The van der Waals surface area contributed by atoms with Crippen molar-refractivity contribution in [2.45, 2.75) is 6.54 Å². The van der Waals surface area contributed by atoms with Crippen molar-refractivity contribution in [3.8, 4) is 11.3 Å². The van der Waals surface area contributed by atoms with E-state index in [1.165, 1.54) is 0 Å². The zero-order valence-electron chi connectivity index (χ0n) is 15.0. The number of benzene rings is 2. The van der Waals surface area contributed by atoms with E-state index < -0.39 is 0 Å². The van der Waals surface area contributed by atoms with Gasteiger partial charge in [-0.3, -0.25) is 4.98 Å². The third-order valence-corrected chi connectivity index (χ3v) is 4.32. The average molecular weight is 388 g/mol. The molecule has 138 valence electrons. The molecule has 0 aliphatic heterocycles. The van der Waals surface area contributed by atoms with Gasteiger partial charge in [-0.15, -0.1) is 0 Å². The molecule has 0 aliphatic rings. The first-order chi connectivity index (χ1) is 13.8. The van der Waals surface area contributed by atoms with Gasteiger partial charge in [-0.1, -0.05) is 48.0 Å². The summed E-state index contributed by atoms with van der Waals surface area (Å²) in [5.74, 6) is 1.23. The second-order valence-corrected chi connectivity index (χ2v) is 6.57. The Kier molecular flexibility index (Phi) is 5.45. The molecule has 2 aromatic heterocycles. The first-order valence-electron chi connectivity index (χ1n) is 8.87. The van der Waals surface area contributed by atoms with E-state index in [9.17, 15) is 0 Å². The van der Waals surface area contributed by atoms with Crippen molar-refractivity contribution in [3.05, 3.63) is 95.8 Å². The summed E-state index contributed by atoms with van der Waals surface area (Å²) in [6, 6.07) is 25.2. The number of aromatic nitrogens is 3. The third kappa shape index (κ3) is 4.64. The highest BCUT2D eigenvalue weighted by Gasteiger charge is 2.08. The maximum absolute atomic E-state index is 5.98. The Morgan fingerprint density at radius 1 is 0.821 bits per heavy atom. The van der Waals surface area contributed by atoms with E-state index in [2.05, 4.69) is 25.6 Å². The van der Waals surface area contributed by atoms with Gasteiger partial charge < -0.3 is 10.6 Å². The fourth-order valence-corrected chi connectivity index (χ4v) is 2.83. The number of hydrogen-bond donors (Lipinski definition) is 2. The lowest BCUT2D eigenvalue weighted by atomic mass is 10.1. The van der Waals surface area contributed by atoms with Crippen molar-refractivity contribution in [2.75, 3.05) is 10.6 Å². The van der Waals surface area contributed by atoms with Crippen LogP contribution in [0.25, 0.3) is 11.3 Å². The minimum absolute atomic E-state index is 0.531. The van der Waals surface area contributed by atoms with Gasteiger partial charge in [0.15, 0.2) is 0 Å². The van der Waals surface area contributed by atoms with Gasteiger partial charge in [0.1, 0.15) is 5.82 Å². The minimum atomic E-state index is 0.531. The number of hydrogen-bond acceptors (Lipinski definition) is 5. The largest absolute Gasteiger partial charge is 0.348 e. The molecule has 4 rings (SSSR count). The Morgan fingerprint density at radius 2 is 1.61 bits per heavy atom. The normalized spacial score (nSPS) is 10.5. The fraction of sp³-hybridized carbons (Fsp3) is 0.0455. The van der Waals surface area contributed by atoms with Gasteiger partial charge in [-0.05, 0) is 36.4 Å². The molecule has 0 atom stereocenters. The van der Waals surface area contributed by atoms with Crippen LogP contribution in [0.1, 0.15) is 5.69 Å². The van der Waals surface area contributed by atoms with Crippen LogP contribution < -0.4 is 10.6 Å². The standard InChI is InChI=1S/C22H18ClN5/c23-17-9-11-18(12-10-17)26-21-14-20(16-6-2-1-3-7-16)27-22(28-21)25-15-19-8-4-5-13-24-19/h1-14H,15H2,(H2,25,26,27,28). The second-order valence-electron chi connectivity index (χ2n) is 6.13. The molecule has 0 saturated heterocycles. The predicted octanol–water partition coefficient (Wildman–Crippen LogP) is 5.55. The summed E-state index contributed by atoms with van der Waals surface area (Å²) < 4.78 is 0. The number of nitrogens with one attached hydrogen (secondary N) is 2. The monoisotopic (exact) mass is 387 g/mol. The van der Waals surface area contributed by atoms with Crippen LogP contribution in [-0.4, -0.2) is 15.0 Å². The highest BCUT2D eigenvalue weighted by atomic mass is 35.5. The lowest BCUT2D eigenvalue weighted by Gasteiger charge is -2.11. The van der Waals surface area contributed by atoms with Gasteiger partial charge in [0.2, 0.25) is 5.95 Å². The first-order valence-corrected chi connectivity index (χ1v) is 9.25. The predicted molar refractivity (Wildman–Crippen MR) is 114 cm³/mol. The van der Waals surface area contributed by atoms with Crippen molar-refractivity contribution in [1.29, 1.82) is 0 Å². The number of nitrogens with zero attached hydrogens (tertiary/aromatic N) is 3. The van der Waals surface area contributed by atoms with Gasteiger partial charge >= 0.3 is 0 Å². The molecule has 6 heteroatoms. The SMILES string of the molecule is Clc1ccc(Nc2cc(-c3ccccc3)nc(NCc3ccccn3)n2)cc1. The van der Waals surface area contributed by atoms with Gasteiger partial charge in [-0.2, -0.15) is 4.98 Å². The van der Waals surface area contributed by atoms with E-state index in [1.807, 2.05) is 78.9 Å². The molecule has 0 aliphatic carbocycles. The Bertz CT molecular complexity index is 1040. The molecule has 28 heavy (non-hydrogen) atoms. The zero-order valence-corrected chi connectivity index (χ0v) is 15.8. The van der Waals surface area contributed by atoms with Crippen molar-refractivity contribution >= 4 is 29.1 Å².